The molecule has 3 unspecified atom stereocenters. The van der Waals surface area contributed by atoms with E-state index in [9.17, 15) is 19.1 Å². The Balaban J connectivity index is 1.52. The monoisotopic (exact) mass is 605 g/mol. The number of hydrogen-bond donors (Lipinski definition) is 3. The number of nitrogens with one attached hydrogen (secondary N) is 2. The normalized spacial score (nSPS) is 21.8. The standard InChI is InChI=1S/C36H48FN3O4/c1-4-9-27-14-18-40(17-5-2)35(43)13-8-12-34(42)39-32(22-28-20-30(37)23-31(21-28)44-25-27)33(41)24-38-36(15-16-36)29-11-7-10-26(6-3)19-29/h3,7,10-11,19-21,23,27,32-33,38,41H,4-5,8-9,12-18,22,24-25H2,1-2H3,(H,39,42). The molecule has 2 bridgehead atoms. The SMILES string of the molecule is C#Cc1cccc(C2(NCC(O)C3Cc4cc(F)cc(c4)OCC(CCC)CCN(CCC)C(=O)CCCC(=O)N3)CC2)c1. The lowest BCUT2D eigenvalue weighted by Crippen LogP contribution is -2.50. The van der Waals surface area contributed by atoms with E-state index in [0.717, 1.165) is 49.7 Å². The Morgan fingerprint density at radius 2 is 2.00 bits per heavy atom. The third-order valence-electron chi connectivity index (χ3n) is 8.81. The maximum atomic E-state index is 14.8. The Labute approximate surface area is 261 Å². The van der Waals surface area contributed by atoms with Gasteiger partial charge in [0, 0.05) is 49.6 Å². The molecule has 8 heteroatoms. The maximum absolute atomic E-state index is 14.8. The number of fused-ring (bicyclic) bond motifs is 2. The fourth-order valence-corrected chi connectivity index (χ4v) is 6.14. The molecule has 2 amide bonds. The van der Waals surface area contributed by atoms with Crippen LogP contribution in [0.15, 0.2) is 42.5 Å². The molecule has 238 valence electrons. The van der Waals surface area contributed by atoms with E-state index >= 15 is 0 Å². The first-order valence-electron chi connectivity index (χ1n) is 16.2. The first kappa shape index (κ1) is 33.5. The lowest BCUT2D eigenvalue weighted by molar-refractivity contribution is -0.131. The molecule has 0 saturated heterocycles. The fourth-order valence-electron chi connectivity index (χ4n) is 6.14. The van der Waals surface area contributed by atoms with E-state index in [1.807, 2.05) is 29.2 Å². The van der Waals surface area contributed by atoms with Crippen molar-refractivity contribution in [1.29, 1.82) is 0 Å². The molecule has 0 aromatic heterocycles. The van der Waals surface area contributed by atoms with Gasteiger partial charge in [-0.3, -0.25) is 9.59 Å². The zero-order valence-electron chi connectivity index (χ0n) is 26.2. The number of amides is 2. The van der Waals surface area contributed by atoms with Crippen LogP contribution in [-0.4, -0.2) is 60.2 Å². The van der Waals surface area contributed by atoms with Gasteiger partial charge in [-0.25, -0.2) is 4.39 Å². The Bertz CT molecular complexity index is 1300. The van der Waals surface area contributed by atoms with Crippen molar-refractivity contribution in [3.8, 4) is 18.1 Å². The number of aliphatic hydroxyl groups excluding tert-OH is 1. The molecule has 0 spiro atoms. The second-order valence-electron chi connectivity index (χ2n) is 12.4. The number of aliphatic hydroxyl groups is 1. The quantitative estimate of drug-likeness (QED) is 0.347. The van der Waals surface area contributed by atoms with Crippen LogP contribution in [0.3, 0.4) is 0 Å². The van der Waals surface area contributed by atoms with Crippen LogP contribution in [0.25, 0.3) is 0 Å². The minimum atomic E-state index is -0.947. The average molecular weight is 606 g/mol. The topological polar surface area (TPSA) is 90.9 Å². The summed E-state index contributed by atoms with van der Waals surface area (Å²) in [5, 5.41) is 17.9. The average Bonchev–Trinajstić information content (AvgIpc) is 3.80. The number of terminal acetylenes is 1. The highest BCUT2D eigenvalue weighted by Crippen LogP contribution is 2.45. The van der Waals surface area contributed by atoms with Crippen LogP contribution < -0.4 is 15.4 Å². The van der Waals surface area contributed by atoms with Crippen molar-refractivity contribution in [3.63, 3.8) is 0 Å². The molecule has 1 aliphatic heterocycles. The van der Waals surface area contributed by atoms with Gasteiger partial charge in [0.25, 0.3) is 0 Å². The molecule has 1 fully saturated rings. The van der Waals surface area contributed by atoms with E-state index < -0.39 is 18.0 Å². The third-order valence-corrected chi connectivity index (χ3v) is 8.81. The largest absolute Gasteiger partial charge is 0.493 e. The van der Waals surface area contributed by atoms with Gasteiger partial charge < -0.3 is 25.4 Å². The van der Waals surface area contributed by atoms with Gasteiger partial charge in [0.05, 0.1) is 18.8 Å². The summed E-state index contributed by atoms with van der Waals surface area (Å²) in [5.74, 6) is 2.72. The van der Waals surface area contributed by atoms with E-state index in [-0.39, 0.29) is 42.7 Å². The summed E-state index contributed by atoms with van der Waals surface area (Å²) < 4.78 is 20.9. The first-order chi connectivity index (χ1) is 21.2. The predicted molar refractivity (Wildman–Crippen MR) is 171 cm³/mol. The zero-order valence-corrected chi connectivity index (χ0v) is 26.2. The van der Waals surface area contributed by atoms with Crippen LogP contribution in [0.5, 0.6) is 5.75 Å². The third kappa shape index (κ3) is 9.54. The van der Waals surface area contributed by atoms with Gasteiger partial charge in [0.15, 0.2) is 0 Å². The highest BCUT2D eigenvalue weighted by molar-refractivity contribution is 5.79. The molecule has 1 heterocycles. The molecule has 1 saturated carbocycles. The number of benzene rings is 2. The molecule has 3 atom stereocenters. The van der Waals surface area contributed by atoms with Gasteiger partial charge in [-0.2, -0.15) is 0 Å². The van der Waals surface area contributed by atoms with Gasteiger partial charge in [-0.15, -0.1) is 6.42 Å². The number of carbonyl (C=O) groups excluding carboxylic acids is 2. The van der Waals surface area contributed by atoms with Crippen molar-refractivity contribution in [2.75, 3.05) is 26.2 Å². The Hall–Kier alpha value is -3.41. The van der Waals surface area contributed by atoms with Crippen LogP contribution in [-0.2, 0) is 21.5 Å². The maximum Gasteiger partial charge on any atom is 0.222 e. The van der Waals surface area contributed by atoms with Gasteiger partial charge >= 0.3 is 0 Å². The van der Waals surface area contributed by atoms with Crippen LogP contribution in [0.4, 0.5) is 4.39 Å². The zero-order chi connectivity index (χ0) is 31.5. The van der Waals surface area contributed by atoms with E-state index in [1.165, 1.54) is 12.1 Å². The second-order valence-corrected chi connectivity index (χ2v) is 12.4. The Morgan fingerprint density at radius 3 is 2.73 bits per heavy atom. The first-order valence-corrected chi connectivity index (χ1v) is 16.2. The van der Waals surface area contributed by atoms with Crippen molar-refractivity contribution in [3.05, 3.63) is 65.0 Å². The summed E-state index contributed by atoms with van der Waals surface area (Å²) in [6.07, 6.45) is 11.2. The minimum Gasteiger partial charge on any atom is -0.493 e. The van der Waals surface area contributed by atoms with Crippen molar-refractivity contribution in [2.45, 2.75) is 95.7 Å². The summed E-state index contributed by atoms with van der Waals surface area (Å²) in [4.78, 5) is 28.0. The number of hydrogen-bond acceptors (Lipinski definition) is 5. The van der Waals surface area contributed by atoms with Crippen molar-refractivity contribution < 1.29 is 23.8 Å². The van der Waals surface area contributed by atoms with Gasteiger partial charge in [-0.05, 0) is 86.3 Å². The molecule has 2 aliphatic rings. The summed E-state index contributed by atoms with van der Waals surface area (Å²) in [7, 11) is 0. The number of rotatable bonds is 9. The van der Waals surface area contributed by atoms with Gasteiger partial charge in [0.2, 0.25) is 11.8 Å². The number of nitrogens with zero attached hydrogens (tertiary/aromatic N) is 1. The lowest BCUT2D eigenvalue weighted by Gasteiger charge is -2.27. The van der Waals surface area contributed by atoms with E-state index in [1.54, 1.807) is 6.07 Å². The molecule has 2 aromatic rings. The molecule has 44 heavy (non-hydrogen) atoms. The number of ether oxygens (including phenoxy) is 1. The van der Waals surface area contributed by atoms with E-state index in [0.29, 0.717) is 43.9 Å². The van der Waals surface area contributed by atoms with Crippen LogP contribution in [0, 0.1) is 24.1 Å². The Kier molecular flexibility index (Phi) is 12.2. The minimum absolute atomic E-state index is 0.0540. The molecular weight excluding hydrogens is 557 g/mol. The van der Waals surface area contributed by atoms with Crippen LogP contribution >= 0.6 is 0 Å². The van der Waals surface area contributed by atoms with Crippen molar-refractivity contribution in [1.82, 2.24) is 15.5 Å². The van der Waals surface area contributed by atoms with Gasteiger partial charge in [-0.1, -0.05) is 38.3 Å². The van der Waals surface area contributed by atoms with E-state index in [2.05, 4.69) is 30.4 Å². The van der Waals surface area contributed by atoms with E-state index in [4.69, 9.17) is 11.2 Å². The van der Waals surface area contributed by atoms with Crippen molar-refractivity contribution >= 4 is 11.8 Å². The smallest absolute Gasteiger partial charge is 0.222 e. The highest BCUT2D eigenvalue weighted by atomic mass is 19.1. The van der Waals surface area contributed by atoms with Crippen LogP contribution in [0.2, 0.25) is 0 Å². The lowest BCUT2D eigenvalue weighted by atomic mass is 9.98. The molecule has 1 aliphatic carbocycles. The molecule has 7 nitrogen and oxygen atoms in total. The molecule has 4 rings (SSSR count). The second kappa shape index (κ2) is 16.1. The molecule has 2 aromatic carbocycles. The summed E-state index contributed by atoms with van der Waals surface area (Å²) in [6, 6.07) is 11.8. The van der Waals surface area contributed by atoms with Crippen LogP contribution in [0.1, 0.15) is 88.3 Å². The fraction of sp³-hybridized carbons (Fsp3) is 0.556. The summed E-state index contributed by atoms with van der Waals surface area (Å²) in [5.41, 5.74) is 2.24. The summed E-state index contributed by atoms with van der Waals surface area (Å²) in [6.45, 7) is 6.15. The predicted octanol–water partition coefficient (Wildman–Crippen LogP) is 5.08. The number of halogens is 1. The number of carbonyl (C=O) groups is 2. The summed E-state index contributed by atoms with van der Waals surface area (Å²) >= 11 is 0. The Morgan fingerprint density at radius 1 is 1.18 bits per heavy atom. The molecule has 0 radical (unpaired) electrons. The molecule has 3 N–H and O–H groups in total. The highest BCUT2D eigenvalue weighted by Gasteiger charge is 2.44. The van der Waals surface area contributed by atoms with Gasteiger partial charge in [0.1, 0.15) is 11.6 Å². The molecular formula is C36H48FN3O4. The van der Waals surface area contributed by atoms with Crippen molar-refractivity contribution in [2.24, 2.45) is 5.92 Å².